The van der Waals surface area contributed by atoms with Crippen LogP contribution in [0.2, 0.25) is 0 Å². The van der Waals surface area contributed by atoms with E-state index in [0.29, 0.717) is 5.56 Å². The summed E-state index contributed by atoms with van der Waals surface area (Å²) in [5.74, 6) is 0. The predicted octanol–water partition coefficient (Wildman–Crippen LogP) is 4.65. The Labute approximate surface area is 130 Å². The van der Waals surface area contributed by atoms with Crippen LogP contribution in [0.1, 0.15) is 31.4 Å². The molecule has 104 valence electrons. The smallest absolute Gasteiger partial charge is 0.0991 e. The normalized spacial score (nSPS) is 15.8. The maximum absolute atomic E-state index is 9.04. The first-order valence-electron chi connectivity index (χ1n) is 6.94. The van der Waals surface area contributed by atoms with Crippen molar-refractivity contribution < 1.29 is 0 Å². The summed E-state index contributed by atoms with van der Waals surface area (Å²) in [6, 6.07) is 16.3. The van der Waals surface area contributed by atoms with Crippen LogP contribution in [0.3, 0.4) is 0 Å². The number of hydrogen-bond acceptors (Lipinski definition) is 2. The second-order valence-corrected chi connectivity index (χ2v) is 6.55. The zero-order valence-electron chi connectivity index (χ0n) is 12.1. The van der Waals surface area contributed by atoms with Gasteiger partial charge in [-0.2, -0.15) is 5.26 Å². The Balaban J connectivity index is 2.11. The molecule has 0 aliphatic carbocycles. The number of hydrogen-bond donors (Lipinski definition) is 1. The molecule has 0 fully saturated rings. The van der Waals surface area contributed by atoms with Crippen molar-refractivity contribution in [1.29, 1.82) is 5.26 Å². The van der Waals surface area contributed by atoms with Gasteiger partial charge in [0.15, 0.2) is 0 Å². The van der Waals surface area contributed by atoms with Crippen molar-refractivity contribution in [2.45, 2.75) is 25.7 Å². The van der Waals surface area contributed by atoms with Gasteiger partial charge >= 0.3 is 0 Å². The summed E-state index contributed by atoms with van der Waals surface area (Å²) < 4.78 is 0. The van der Waals surface area contributed by atoms with Crippen LogP contribution >= 0.6 is 12.2 Å². The zero-order chi connectivity index (χ0) is 15.0. The molecule has 0 unspecified atom stereocenters. The van der Waals surface area contributed by atoms with Crippen molar-refractivity contribution in [3.8, 4) is 17.2 Å². The van der Waals surface area contributed by atoms with E-state index in [9.17, 15) is 0 Å². The minimum atomic E-state index is 0.0283. The van der Waals surface area contributed by atoms with Crippen LogP contribution in [0, 0.1) is 11.3 Å². The van der Waals surface area contributed by atoms with Gasteiger partial charge in [-0.1, -0.05) is 44.3 Å². The Morgan fingerprint density at radius 3 is 2.67 bits per heavy atom. The number of nitrogens with zero attached hydrogens (tertiary/aromatic N) is 1. The highest BCUT2D eigenvalue weighted by Crippen LogP contribution is 2.39. The minimum Gasteiger partial charge on any atom is -0.350 e. The monoisotopic (exact) mass is 292 g/mol. The summed E-state index contributed by atoms with van der Waals surface area (Å²) in [5, 5.41) is 12.3. The lowest BCUT2D eigenvalue weighted by Crippen LogP contribution is -2.31. The highest BCUT2D eigenvalue weighted by Gasteiger charge is 2.30. The van der Waals surface area contributed by atoms with Crippen molar-refractivity contribution in [2.24, 2.45) is 0 Å². The van der Waals surface area contributed by atoms with Crippen LogP contribution in [0.15, 0.2) is 42.5 Å². The minimum absolute atomic E-state index is 0.0283. The van der Waals surface area contributed by atoms with Crippen LogP contribution in [-0.2, 0) is 5.41 Å². The molecule has 0 amide bonds. The van der Waals surface area contributed by atoms with E-state index in [2.05, 4.69) is 43.4 Å². The lowest BCUT2D eigenvalue weighted by Gasteiger charge is -2.34. The van der Waals surface area contributed by atoms with Gasteiger partial charge < -0.3 is 5.32 Å². The average molecular weight is 292 g/mol. The topological polar surface area (TPSA) is 35.8 Å². The van der Waals surface area contributed by atoms with Gasteiger partial charge in [0.2, 0.25) is 0 Å². The van der Waals surface area contributed by atoms with E-state index in [1.165, 1.54) is 5.56 Å². The molecule has 0 saturated heterocycles. The SMILES string of the molecule is CC1(C)CC(=S)Nc2ccc(-c3cccc(C#N)c3)cc21. The fraction of sp³-hybridized carbons (Fsp3) is 0.222. The highest BCUT2D eigenvalue weighted by atomic mass is 32.1. The summed E-state index contributed by atoms with van der Waals surface area (Å²) in [4.78, 5) is 0.895. The molecule has 21 heavy (non-hydrogen) atoms. The molecule has 3 heteroatoms. The van der Waals surface area contributed by atoms with Crippen molar-refractivity contribution >= 4 is 22.9 Å². The van der Waals surface area contributed by atoms with Crippen molar-refractivity contribution in [3.05, 3.63) is 53.6 Å². The van der Waals surface area contributed by atoms with E-state index in [0.717, 1.165) is 28.2 Å². The molecular weight excluding hydrogens is 276 g/mol. The fourth-order valence-electron chi connectivity index (χ4n) is 2.85. The van der Waals surface area contributed by atoms with Crippen molar-refractivity contribution in [3.63, 3.8) is 0 Å². The summed E-state index contributed by atoms with van der Waals surface area (Å²) in [7, 11) is 0. The summed E-state index contributed by atoms with van der Waals surface area (Å²) in [5.41, 5.74) is 5.28. The standard InChI is InChI=1S/C18H16N2S/c1-18(2)10-17(21)20-16-7-6-14(9-15(16)18)13-5-3-4-12(8-13)11-19/h3-9H,10H2,1-2H3,(H,20,21). The molecule has 1 aliphatic rings. The second-order valence-electron chi connectivity index (χ2n) is 6.06. The molecule has 0 atom stereocenters. The summed E-state index contributed by atoms with van der Waals surface area (Å²) >= 11 is 5.34. The van der Waals surface area contributed by atoms with Crippen LogP contribution in [0.25, 0.3) is 11.1 Å². The first-order valence-corrected chi connectivity index (χ1v) is 7.35. The van der Waals surface area contributed by atoms with E-state index >= 15 is 0 Å². The molecular formula is C18H16N2S. The number of nitriles is 1. The molecule has 2 nitrogen and oxygen atoms in total. The van der Waals surface area contributed by atoms with Crippen LogP contribution < -0.4 is 5.32 Å². The Morgan fingerprint density at radius 2 is 1.90 bits per heavy atom. The Morgan fingerprint density at radius 1 is 1.14 bits per heavy atom. The highest BCUT2D eigenvalue weighted by molar-refractivity contribution is 7.80. The first kappa shape index (κ1) is 13.8. The average Bonchev–Trinajstić information content (AvgIpc) is 2.46. The number of benzene rings is 2. The van der Waals surface area contributed by atoms with E-state index in [4.69, 9.17) is 17.5 Å². The second kappa shape index (κ2) is 4.98. The third kappa shape index (κ3) is 2.55. The fourth-order valence-corrected chi connectivity index (χ4v) is 3.32. The van der Waals surface area contributed by atoms with Gasteiger partial charge in [-0.3, -0.25) is 0 Å². The summed E-state index contributed by atoms with van der Waals surface area (Å²) in [6.45, 7) is 4.43. The van der Waals surface area contributed by atoms with Crippen molar-refractivity contribution in [1.82, 2.24) is 0 Å². The lowest BCUT2D eigenvalue weighted by atomic mass is 9.77. The van der Waals surface area contributed by atoms with Gasteiger partial charge in [0.05, 0.1) is 16.6 Å². The number of nitrogens with one attached hydrogen (secondary N) is 1. The third-order valence-corrected chi connectivity index (χ3v) is 4.20. The molecule has 2 aromatic rings. The largest absolute Gasteiger partial charge is 0.350 e. The van der Waals surface area contributed by atoms with Gasteiger partial charge in [0.25, 0.3) is 0 Å². The predicted molar refractivity (Wildman–Crippen MR) is 90.5 cm³/mol. The summed E-state index contributed by atoms with van der Waals surface area (Å²) in [6.07, 6.45) is 0.858. The van der Waals surface area contributed by atoms with E-state index in [-0.39, 0.29) is 5.41 Å². The maximum atomic E-state index is 9.04. The zero-order valence-corrected chi connectivity index (χ0v) is 12.9. The van der Waals surface area contributed by atoms with Gasteiger partial charge in [0, 0.05) is 12.1 Å². The molecule has 3 rings (SSSR count). The molecule has 0 aromatic heterocycles. The van der Waals surface area contributed by atoms with Gasteiger partial charge in [-0.15, -0.1) is 0 Å². The first-order chi connectivity index (χ1) is 9.99. The Kier molecular flexibility index (Phi) is 3.27. The molecule has 0 radical (unpaired) electrons. The molecule has 2 aromatic carbocycles. The quantitative estimate of drug-likeness (QED) is 0.777. The van der Waals surface area contributed by atoms with Gasteiger partial charge in [-0.25, -0.2) is 0 Å². The van der Waals surface area contributed by atoms with E-state index in [1.807, 2.05) is 24.3 Å². The number of anilines is 1. The van der Waals surface area contributed by atoms with Crippen LogP contribution in [0.4, 0.5) is 5.69 Å². The van der Waals surface area contributed by atoms with Gasteiger partial charge in [0.1, 0.15) is 0 Å². The maximum Gasteiger partial charge on any atom is 0.0991 e. The lowest BCUT2D eigenvalue weighted by molar-refractivity contribution is 0.547. The Bertz CT molecular complexity index is 769. The number of thiocarbonyl (C=S) groups is 1. The Hall–Kier alpha value is -2.18. The molecule has 1 heterocycles. The van der Waals surface area contributed by atoms with E-state index < -0.39 is 0 Å². The molecule has 0 saturated carbocycles. The molecule has 1 N–H and O–H groups in total. The third-order valence-electron chi connectivity index (χ3n) is 3.95. The molecule has 0 spiro atoms. The van der Waals surface area contributed by atoms with Crippen LogP contribution in [0.5, 0.6) is 0 Å². The molecule has 1 aliphatic heterocycles. The number of rotatable bonds is 1. The van der Waals surface area contributed by atoms with Gasteiger partial charge in [-0.05, 0) is 46.4 Å². The van der Waals surface area contributed by atoms with Crippen molar-refractivity contribution in [2.75, 3.05) is 5.32 Å². The van der Waals surface area contributed by atoms with Crippen LogP contribution in [-0.4, -0.2) is 4.99 Å². The van der Waals surface area contributed by atoms with E-state index in [1.54, 1.807) is 0 Å². The molecule has 0 bridgehead atoms. The number of fused-ring (bicyclic) bond motifs is 1.